The second kappa shape index (κ2) is 6.18. The number of hydrogen-bond acceptors (Lipinski definition) is 3. The zero-order valence-electron chi connectivity index (χ0n) is 11.1. The van der Waals surface area contributed by atoms with Crippen LogP contribution in [-0.4, -0.2) is 29.3 Å². The number of hydrogen-bond donors (Lipinski definition) is 2. The molecule has 1 aromatic rings. The molecule has 0 aliphatic heterocycles. The maximum absolute atomic E-state index is 13.7. The van der Waals surface area contributed by atoms with Gasteiger partial charge < -0.3 is 14.9 Å². The summed E-state index contributed by atoms with van der Waals surface area (Å²) in [6, 6.07) is 3.83. The molecule has 6 heteroatoms. The number of carbonyl (C=O) groups is 2. The summed E-state index contributed by atoms with van der Waals surface area (Å²) in [5, 5.41) is 17.9. The van der Waals surface area contributed by atoms with Crippen molar-refractivity contribution in [1.82, 2.24) is 0 Å². The van der Waals surface area contributed by atoms with Crippen LogP contribution in [0.3, 0.4) is 0 Å². The van der Waals surface area contributed by atoms with Gasteiger partial charge in [0.15, 0.2) is 11.6 Å². The first-order valence-corrected chi connectivity index (χ1v) is 5.78. The maximum atomic E-state index is 13.7. The van der Waals surface area contributed by atoms with Gasteiger partial charge in [-0.25, -0.2) is 4.39 Å². The Bertz CT molecular complexity index is 552. The molecule has 0 saturated carbocycles. The summed E-state index contributed by atoms with van der Waals surface area (Å²) >= 11 is 0. The maximum Gasteiger partial charge on any atom is 0.317 e. The molecule has 0 aliphatic carbocycles. The van der Waals surface area contributed by atoms with E-state index in [0.29, 0.717) is 0 Å². The second-order valence-corrected chi connectivity index (χ2v) is 4.36. The first-order valence-electron chi connectivity index (χ1n) is 5.78. The summed E-state index contributed by atoms with van der Waals surface area (Å²) in [6.45, 7) is 1.37. The van der Waals surface area contributed by atoms with Gasteiger partial charge >= 0.3 is 11.9 Å². The molecule has 0 aliphatic rings. The number of methoxy groups -OCH3 is 1. The van der Waals surface area contributed by atoms with Crippen molar-refractivity contribution < 1.29 is 28.9 Å². The monoisotopic (exact) mass is 282 g/mol. The molecule has 0 radical (unpaired) electrons. The molecule has 0 heterocycles. The standard InChI is InChI=1S/C14H15FO5/c1-14(13(18)19,7-3-4-12(16)17)9-5-6-11(20-2)10(15)8-9/h3,5-8H,4H2,1-2H3,(H,16,17)(H,18,19)/b7-3+. The number of carboxylic acid groups (broad SMARTS) is 2. The van der Waals surface area contributed by atoms with Gasteiger partial charge in [0, 0.05) is 0 Å². The van der Waals surface area contributed by atoms with Crippen LogP contribution in [-0.2, 0) is 15.0 Å². The minimum Gasteiger partial charge on any atom is -0.494 e. The number of rotatable bonds is 6. The molecule has 2 N–H and O–H groups in total. The molecule has 20 heavy (non-hydrogen) atoms. The van der Waals surface area contributed by atoms with Crippen LogP contribution in [0, 0.1) is 5.82 Å². The van der Waals surface area contributed by atoms with Crippen LogP contribution in [0.5, 0.6) is 5.75 Å². The van der Waals surface area contributed by atoms with Crippen LogP contribution in [0.25, 0.3) is 0 Å². The average Bonchev–Trinajstić information content (AvgIpc) is 2.37. The van der Waals surface area contributed by atoms with Crippen LogP contribution in [0.2, 0.25) is 0 Å². The minimum atomic E-state index is -1.51. The molecule has 1 aromatic carbocycles. The fraction of sp³-hybridized carbons (Fsp3) is 0.286. The minimum absolute atomic E-state index is 0.0102. The quantitative estimate of drug-likeness (QED) is 0.781. The van der Waals surface area contributed by atoms with Crippen LogP contribution < -0.4 is 4.74 Å². The summed E-state index contributed by atoms with van der Waals surface area (Å²) in [5.41, 5.74) is -1.31. The zero-order valence-corrected chi connectivity index (χ0v) is 11.1. The number of aliphatic carboxylic acids is 2. The van der Waals surface area contributed by atoms with E-state index in [4.69, 9.17) is 9.84 Å². The molecular weight excluding hydrogens is 267 g/mol. The van der Waals surface area contributed by atoms with Gasteiger partial charge in [-0.15, -0.1) is 0 Å². The lowest BCUT2D eigenvalue weighted by molar-refractivity contribution is -0.141. The molecular formula is C14H15FO5. The summed E-state index contributed by atoms with van der Waals surface area (Å²) in [7, 11) is 1.31. The Morgan fingerprint density at radius 3 is 2.50 bits per heavy atom. The Morgan fingerprint density at radius 1 is 1.40 bits per heavy atom. The summed E-state index contributed by atoms with van der Waals surface area (Å²) in [6.07, 6.45) is 2.17. The smallest absolute Gasteiger partial charge is 0.317 e. The lowest BCUT2D eigenvalue weighted by Gasteiger charge is -2.21. The van der Waals surface area contributed by atoms with Crippen molar-refractivity contribution in [3.8, 4) is 5.75 Å². The molecule has 0 bridgehead atoms. The first-order chi connectivity index (χ1) is 9.31. The Balaban J connectivity index is 3.19. The normalized spacial score (nSPS) is 13.9. The Morgan fingerprint density at radius 2 is 2.05 bits per heavy atom. The molecule has 1 rings (SSSR count). The third-order valence-corrected chi connectivity index (χ3v) is 2.94. The highest BCUT2D eigenvalue weighted by Gasteiger charge is 2.33. The largest absolute Gasteiger partial charge is 0.494 e. The highest BCUT2D eigenvalue weighted by atomic mass is 19.1. The molecule has 1 atom stereocenters. The van der Waals surface area contributed by atoms with E-state index in [9.17, 15) is 19.1 Å². The number of carboxylic acids is 2. The molecule has 0 amide bonds. The number of benzene rings is 1. The van der Waals surface area contributed by atoms with E-state index in [1.54, 1.807) is 0 Å². The second-order valence-electron chi connectivity index (χ2n) is 4.36. The van der Waals surface area contributed by atoms with Crippen LogP contribution in [0.1, 0.15) is 18.9 Å². The van der Waals surface area contributed by atoms with E-state index in [2.05, 4.69) is 0 Å². The zero-order chi connectivity index (χ0) is 15.3. The Labute approximate surface area is 115 Å². The first kappa shape index (κ1) is 15.7. The van der Waals surface area contributed by atoms with E-state index in [-0.39, 0.29) is 17.7 Å². The Hall–Kier alpha value is -2.37. The van der Waals surface area contributed by atoms with Crippen molar-refractivity contribution in [1.29, 1.82) is 0 Å². The SMILES string of the molecule is COc1ccc(C(C)(/C=C/CC(=O)O)C(=O)O)cc1F. The summed E-state index contributed by atoms with van der Waals surface area (Å²) in [5.74, 6) is -2.95. The predicted octanol–water partition coefficient (Wildman–Crippen LogP) is 2.21. The fourth-order valence-corrected chi connectivity index (χ4v) is 1.68. The van der Waals surface area contributed by atoms with Gasteiger partial charge in [0.25, 0.3) is 0 Å². The van der Waals surface area contributed by atoms with Gasteiger partial charge in [-0.2, -0.15) is 0 Å². The highest BCUT2D eigenvalue weighted by Crippen LogP contribution is 2.29. The van der Waals surface area contributed by atoms with Crippen LogP contribution in [0.4, 0.5) is 4.39 Å². The van der Waals surface area contributed by atoms with E-state index >= 15 is 0 Å². The van der Waals surface area contributed by atoms with Crippen LogP contribution >= 0.6 is 0 Å². The van der Waals surface area contributed by atoms with Crippen molar-refractivity contribution in [3.63, 3.8) is 0 Å². The molecule has 5 nitrogen and oxygen atoms in total. The predicted molar refractivity (Wildman–Crippen MR) is 69.3 cm³/mol. The van der Waals surface area contributed by atoms with Gasteiger partial charge in [0.2, 0.25) is 0 Å². The molecule has 1 unspecified atom stereocenters. The number of ether oxygens (including phenoxy) is 1. The van der Waals surface area contributed by atoms with Crippen molar-refractivity contribution in [2.24, 2.45) is 0 Å². The van der Waals surface area contributed by atoms with E-state index in [1.807, 2.05) is 0 Å². The van der Waals surface area contributed by atoms with E-state index in [0.717, 1.165) is 6.07 Å². The van der Waals surface area contributed by atoms with Crippen LogP contribution in [0.15, 0.2) is 30.4 Å². The summed E-state index contributed by atoms with van der Waals surface area (Å²) < 4.78 is 18.4. The fourth-order valence-electron chi connectivity index (χ4n) is 1.68. The lowest BCUT2D eigenvalue weighted by Crippen LogP contribution is -2.30. The van der Waals surface area contributed by atoms with Gasteiger partial charge in [0.05, 0.1) is 13.5 Å². The molecule has 0 aromatic heterocycles. The average molecular weight is 282 g/mol. The van der Waals surface area contributed by atoms with Gasteiger partial charge in [0.1, 0.15) is 5.41 Å². The van der Waals surface area contributed by atoms with Crippen molar-refractivity contribution >= 4 is 11.9 Å². The van der Waals surface area contributed by atoms with Crippen molar-refractivity contribution in [3.05, 3.63) is 41.7 Å². The number of halogens is 1. The van der Waals surface area contributed by atoms with Gasteiger partial charge in [-0.05, 0) is 24.6 Å². The van der Waals surface area contributed by atoms with Crippen molar-refractivity contribution in [2.45, 2.75) is 18.8 Å². The highest BCUT2D eigenvalue weighted by molar-refractivity contribution is 5.83. The topological polar surface area (TPSA) is 83.8 Å². The van der Waals surface area contributed by atoms with E-state index < -0.39 is 23.2 Å². The lowest BCUT2D eigenvalue weighted by atomic mass is 9.82. The van der Waals surface area contributed by atoms with Crippen molar-refractivity contribution in [2.75, 3.05) is 7.11 Å². The van der Waals surface area contributed by atoms with E-state index in [1.165, 1.54) is 38.3 Å². The molecule has 108 valence electrons. The molecule has 0 saturated heterocycles. The third-order valence-electron chi connectivity index (χ3n) is 2.94. The van der Waals surface area contributed by atoms with Gasteiger partial charge in [-0.3, -0.25) is 9.59 Å². The molecule has 0 spiro atoms. The van der Waals surface area contributed by atoms with Gasteiger partial charge in [-0.1, -0.05) is 18.2 Å². The summed E-state index contributed by atoms with van der Waals surface area (Å²) in [4.78, 5) is 21.9. The Kier molecular flexibility index (Phi) is 4.85. The molecule has 0 fully saturated rings. The third kappa shape index (κ3) is 3.34.